The van der Waals surface area contributed by atoms with Gasteiger partial charge in [0.2, 0.25) is 0 Å². The van der Waals surface area contributed by atoms with E-state index < -0.39 is 0 Å². The number of rotatable bonds is 3. The van der Waals surface area contributed by atoms with E-state index in [9.17, 15) is 0 Å². The van der Waals surface area contributed by atoms with Crippen LogP contribution in [0.1, 0.15) is 63.9 Å². The molecule has 84 heavy (non-hydrogen) atoms. The Morgan fingerprint density at radius 1 is 0.202 bits per heavy atom. The highest BCUT2D eigenvalue weighted by Crippen LogP contribution is 2.48. The first kappa shape index (κ1) is 60.5. The van der Waals surface area contributed by atoms with E-state index in [2.05, 4.69) is 347 Å². The fraction of sp³-hybridized carbons (Fsp3) is 0.119. The maximum atomic E-state index is 2.33. The number of hydrogen-bond acceptors (Lipinski definition) is 0. The van der Waals surface area contributed by atoms with Crippen LogP contribution in [-0.2, 0) is 5.41 Å². The Hall–Kier alpha value is -9.62. The minimum absolute atomic E-state index is 0.151. The summed E-state index contributed by atoms with van der Waals surface area (Å²) in [6, 6.07) is 112. The van der Waals surface area contributed by atoms with Crippen molar-refractivity contribution in [1.29, 1.82) is 0 Å². The average Bonchev–Trinajstić information content (AvgIpc) is 1.87. The number of aryl methyl sites for hydroxylation is 7. The second-order valence-electron chi connectivity index (χ2n) is 22.2. The lowest BCUT2D eigenvalue weighted by Crippen LogP contribution is -2.14. The molecule has 0 radical (unpaired) electrons. The minimum atomic E-state index is 0.151. The monoisotopic (exact) mass is 1090 g/mol. The lowest BCUT2D eigenvalue weighted by Gasteiger charge is -2.21. The van der Waals surface area contributed by atoms with Crippen LogP contribution < -0.4 is 0 Å². The Kier molecular flexibility index (Phi) is 21.9. The molecule has 13 aromatic rings. The Bertz CT molecular complexity index is 4070. The van der Waals surface area contributed by atoms with Crippen LogP contribution in [-0.4, -0.2) is 0 Å². The average molecular weight is 1090 g/mol. The summed E-state index contributed by atoms with van der Waals surface area (Å²) in [5, 5.41) is 5.33. The third kappa shape index (κ3) is 17.2. The highest BCUT2D eigenvalue weighted by molar-refractivity contribution is 5.85. The van der Waals surface area contributed by atoms with Crippen LogP contribution in [0.4, 0.5) is 0 Å². The van der Waals surface area contributed by atoms with Crippen molar-refractivity contribution in [2.75, 3.05) is 0 Å². The molecule has 0 bridgehead atoms. The van der Waals surface area contributed by atoms with Gasteiger partial charge < -0.3 is 0 Å². The molecule has 1 aliphatic rings. The first-order chi connectivity index (χ1) is 40.8. The van der Waals surface area contributed by atoms with E-state index in [1.807, 2.05) is 36.4 Å². The van der Waals surface area contributed by atoms with Gasteiger partial charge in [0.25, 0.3) is 0 Å². The predicted molar refractivity (Wildman–Crippen MR) is 367 cm³/mol. The number of benzene rings is 13. The van der Waals surface area contributed by atoms with Crippen molar-refractivity contribution >= 4 is 21.5 Å². The van der Waals surface area contributed by atoms with Crippen molar-refractivity contribution in [3.63, 3.8) is 0 Å². The Morgan fingerprint density at radius 2 is 0.595 bits per heavy atom. The van der Waals surface area contributed by atoms with Gasteiger partial charge in [0.1, 0.15) is 0 Å². The van der Waals surface area contributed by atoms with Crippen molar-refractivity contribution in [3.8, 4) is 44.5 Å². The topological polar surface area (TPSA) is 0 Å². The van der Waals surface area contributed by atoms with Gasteiger partial charge in [-0.3, -0.25) is 0 Å². The van der Waals surface area contributed by atoms with Gasteiger partial charge >= 0.3 is 0 Å². The molecular weight excluding hydrogens is 1010 g/mol. The molecule has 0 amide bonds. The largest absolute Gasteiger partial charge is 0.0622 e. The third-order valence-corrected chi connectivity index (χ3v) is 15.1. The van der Waals surface area contributed by atoms with Crippen LogP contribution in [0.2, 0.25) is 0 Å². The quantitative estimate of drug-likeness (QED) is 0.165. The second-order valence-corrected chi connectivity index (χ2v) is 22.2. The Labute approximate surface area is 502 Å². The molecule has 0 saturated heterocycles. The molecule has 0 saturated carbocycles. The number of fused-ring (bicyclic) bond motifs is 5. The SMILES string of the molecule is Cc1ccc(-c2ccccc2)cc1.Cc1ccc2c(c1)C(C)(C)c1ccccc1-2.Cc1ccc2ccccc2c1.Cc1cccc(-c2ccccc2)c1.Cc1cccc2ccccc12.Cc1ccccc1.Cc1ccccc1-c1ccccc1. The van der Waals surface area contributed by atoms with E-state index in [0.717, 1.165) is 0 Å². The maximum Gasteiger partial charge on any atom is 0.0158 e. The maximum absolute atomic E-state index is 2.33. The summed E-state index contributed by atoms with van der Waals surface area (Å²) in [6.07, 6.45) is 0. The molecule has 416 valence electrons. The van der Waals surface area contributed by atoms with E-state index in [-0.39, 0.29) is 5.41 Å². The summed E-state index contributed by atoms with van der Waals surface area (Å²) in [6.45, 7) is 19.5. The van der Waals surface area contributed by atoms with Crippen molar-refractivity contribution < 1.29 is 0 Å². The number of hydrogen-bond donors (Lipinski definition) is 0. The molecule has 14 rings (SSSR count). The Morgan fingerprint density at radius 3 is 1.20 bits per heavy atom. The van der Waals surface area contributed by atoms with Crippen LogP contribution in [0.5, 0.6) is 0 Å². The van der Waals surface area contributed by atoms with Gasteiger partial charge in [0.15, 0.2) is 0 Å². The van der Waals surface area contributed by atoms with Crippen LogP contribution in [0, 0.1) is 48.5 Å². The molecular formula is C84H80. The summed E-state index contributed by atoms with van der Waals surface area (Å²) >= 11 is 0. The minimum Gasteiger partial charge on any atom is -0.0622 e. The van der Waals surface area contributed by atoms with E-state index in [1.165, 1.54) is 116 Å². The van der Waals surface area contributed by atoms with Gasteiger partial charge in [-0.25, -0.2) is 0 Å². The first-order valence-corrected chi connectivity index (χ1v) is 29.3. The molecule has 0 heteroatoms. The summed E-state index contributed by atoms with van der Waals surface area (Å²) in [5.41, 5.74) is 22.9. The highest BCUT2D eigenvalue weighted by Gasteiger charge is 2.34. The molecule has 0 fully saturated rings. The smallest absolute Gasteiger partial charge is 0.0158 e. The molecule has 0 heterocycles. The zero-order valence-corrected chi connectivity index (χ0v) is 50.6. The van der Waals surface area contributed by atoms with Gasteiger partial charge in [-0.2, -0.15) is 0 Å². The van der Waals surface area contributed by atoms with E-state index >= 15 is 0 Å². The van der Waals surface area contributed by atoms with Gasteiger partial charge in [0.05, 0.1) is 0 Å². The van der Waals surface area contributed by atoms with Gasteiger partial charge in [-0.05, 0) is 137 Å². The summed E-state index contributed by atoms with van der Waals surface area (Å²) in [4.78, 5) is 0. The summed E-state index contributed by atoms with van der Waals surface area (Å²) in [7, 11) is 0. The van der Waals surface area contributed by atoms with Gasteiger partial charge in [-0.15, -0.1) is 0 Å². The molecule has 0 N–H and O–H groups in total. The molecule has 0 nitrogen and oxygen atoms in total. The Balaban J connectivity index is 0.000000129. The second kappa shape index (κ2) is 30.4. The third-order valence-electron chi connectivity index (χ3n) is 15.1. The fourth-order valence-electron chi connectivity index (χ4n) is 10.4. The van der Waals surface area contributed by atoms with Crippen molar-refractivity contribution in [2.45, 2.75) is 67.7 Å². The summed E-state index contributed by atoms with van der Waals surface area (Å²) in [5.74, 6) is 0. The first-order valence-electron chi connectivity index (χ1n) is 29.3. The lowest BCUT2D eigenvalue weighted by molar-refractivity contribution is 0.660. The van der Waals surface area contributed by atoms with Crippen molar-refractivity contribution in [3.05, 3.63) is 372 Å². The van der Waals surface area contributed by atoms with E-state index in [0.29, 0.717) is 0 Å². The normalized spacial score (nSPS) is 11.0. The van der Waals surface area contributed by atoms with E-state index in [1.54, 1.807) is 0 Å². The molecule has 0 spiro atoms. The molecule has 13 aromatic carbocycles. The molecule has 1 aliphatic carbocycles. The van der Waals surface area contributed by atoms with Crippen LogP contribution >= 0.6 is 0 Å². The fourth-order valence-corrected chi connectivity index (χ4v) is 10.4. The van der Waals surface area contributed by atoms with Gasteiger partial charge in [0, 0.05) is 5.41 Å². The van der Waals surface area contributed by atoms with Crippen LogP contribution in [0.3, 0.4) is 0 Å². The highest BCUT2D eigenvalue weighted by atomic mass is 14.4. The predicted octanol–water partition coefficient (Wildman–Crippen LogP) is 23.6. The zero-order chi connectivity index (χ0) is 59.1. The van der Waals surface area contributed by atoms with Crippen LogP contribution in [0.15, 0.2) is 322 Å². The summed E-state index contributed by atoms with van der Waals surface area (Å²) < 4.78 is 0. The van der Waals surface area contributed by atoms with E-state index in [4.69, 9.17) is 0 Å². The van der Waals surface area contributed by atoms with Crippen molar-refractivity contribution in [1.82, 2.24) is 0 Å². The molecule has 0 unspecified atom stereocenters. The van der Waals surface area contributed by atoms with Crippen molar-refractivity contribution in [2.24, 2.45) is 0 Å². The molecule has 0 atom stereocenters. The standard InChI is InChI=1S/C16H16.3C13H12.2C11H10.C7H8/c1-11-8-9-13-12-6-4-5-7-14(12)16(2,3)15(13)10-11;1-11-7-5-6-10-13(11)12-8-3-2-4-9-12;1-11-6-5-9-13(10-11)12-7-3-2-4-8-12;1-11-7-9-13(10-8-11)12-5-3-2-4-6-12;1-9-5-4-7-10-6-2-3-8-11(9)10;1-9-6-7-10-4-2-3-5-11(10)8-9;1-7-5-3-2-4-6-7/h4-10H,1-3H3;3*2-10H,1H3;2*2-8H,1H3;2-6H,1H3. The van der Waals surface area contributed by atoms with Crippen LogP contribution in [0.25, 0.3) is 66.1 Å². The van der Waals surface area contributed by atoms with Gasteiger partial charge in [-0.1, -0.05) is 363 Å². The molecule has 0 aromatic heterocycles. The zero-order valence-electron chi connectivity index (χ0n) is 50.6. The molecule has 0 aliphatic heterocycles. The lowest BCUT2D eigenvalue weighted by atomic mass is 9.82.